The summed E-state index contributed by atoms with van der Waals surface area (Å²) in [5.41, 5.74) is 0.801. The van der Waals surface area contributed by atoms with Crippen LogP contribution in [0.1, 0.15) is 0 Å². The lowest BCUT2D eigenvalue weighted by molar-refractivity contribution is 0.627. The molecular formula is C16H8BrF2N3O. The number of fused-ring (bicyclic) bond motifs is 3. The maximum atomic E-state index is 14.0. The van der Waals surface area contributed by atoms with Crippen molar-refractivity contribution in [3.63, 3.8) is 0 Å². The standard InChI is InChI=1S/C16H8BrF2N3O/c17-8-5-11-14-12(7-20-15(11)13(19)6-8)16(23)22(21-14)10-3-1-9(18)2-4-10/h1-7,21H. The number of aromatic amines is 1. The van der Waals surface area contributed by atoms with Crippen molar-refractivity contribution in [2.75, 3.05) is 0 Å². The number of halogens is 3. The van der Waals surface area contributed by atoms with Gasteiger partial charge in [-0.2, -0.15) is 0 Å². The van der Waals surface area contributed by atoms with E-state index in [-0.39, 0.29) is 11.1 Å². The van der Waals surface area contributed by atoms with E-state index in [0.29, 0.717) is 26.4 Å². The molecule has 0 bridgehead atoms. The van der Waals surface area contributed by atoms with Gasteiger partial charge in [0.05, 0.1) is 16.6 Å². The minimum Gasteiger partial charge on any atom is -0.290 e. The van der Waals surface area contributed by atoms with Gasteiger partial charge in [0.2, 0.25) is 0 Å². The Bertz CT molecular complexity index is 1120. The van der Waals surface area contributed by atoms with Crippen molar-refractivity contribution in [2.24, 2.45) is 0 Å². The molecule has 0 fully saturated rings. The van der Waals surface area contributed by atoms with E-state index in [4.69, 9.17) is 0 Å². The van der Waals surface area contributed by atoms with Gasteiger partial charge in [0.15, 0.2) is 5.82 Å². The summed E-state index contributed by atoms with van der Waals surface area (Å²) in [6.07, 6.45) is 1.34. The van der Waals surface area contributed by atoms with Crippen LogP contribution in [0.5, 0.6) is 0 Å². The van der Waals surface area contributed by atoms with E-state index >= 15 is 0 Å². The predicted octanol–water partition coefficient (Wildman–Crippen LogP) is 3.91. The first kappa shape index (κ1) is 14.1. The Morgan fingerprint density at radius 1 is 1.09 bits per heavy atom. The zero-order valence-electron chi connectivity index (χ0n) is 11.5. The molecule has 23 heavy (non-hydrogen) atoms. The molecule has 2 aromatic carbocycles. The van der Waals surface area contributed by atoms with Crippen LogP contribution in [0.15, 0.2) is 51.9 Å². The number of H-pyrrole nitrogens is 1. The van der Waals surface area contributed by atoms with E-state index in [1.165, 1.54) is 41.2 Å². The Morgan fingerprint density at radius 3 is 2.57 bits per heavy atom. The van der Waals surface area contributed by atoms with Gasteiger partial charge in [-0.3, -0.25) is 14.9 Å². The lowest BCUT2D eigenvalue weighted by Crippen LogP contribution is -2.14. The van der Waals surface area contributed by atoms with Gasteiger partial charge in [-0.15, -0.1) is 0 Å². The quantitative estimate of drug-likeness (QED) is 0.548. The van der Waals surface area contributed by atoms with Crippen molar-refractivity contribution in [1.82, 2.24) is 14.8 Å². The maximum absolute atomic E-state index is 14.0. The number of nitrogens with zero attached hydrogens (tertiary/aromatic N) is 2. The minimum absolute atomic E-state index is 0.174. The average molecular weight is 376 g/mol. The number of aromatic nitrogens is 3. The van der Waals surface area contributed by atoms with Crippen molar-refractivity contribution >= 4 is 37.7 Å². The second-order valence-corrected chi connectivity index (χ2v) is 5.98. The Hall–Kier alpha value is -2.54. The average Bonchev–Trinajstić information content (AvgIpc) is 2.86. The Kier molecular flexibility index (Phi) is 3.05. The minimum atomic E-state index is -0.480. The molecule has 0 aliphatic heterocycles. The van der Waals surface area contributed by atoms with Crippen LogP contribution in [0.2, 0.25) is 0 Å². The Morgan fingerprint density at radius 2 is 1.83 bits per heavy atom. The zero-order chi connectivity index (χ0) is 16.1. The van der Waals surface area contributed by atoms with Crippen molar-refractivity contribution in [2.45, 2.75) is 0 Å². The molecule has 0 aliphatic rings. The number of pyridine rings is 1. The number of benzene rings is 2. The van der Waals surface area contributed by atoms with Gasteiger partial charge in [0, 0.05) is 16.1 Å². The molecule has 1 N–H and O–H groups in total. The van der Waals surface area contributed by atoms with Crippen LogP contribution in [0.25, 0.3) is 27.5 Å². The Balaban J connectivity index is 2.09. The number of nitrogens with one attached hydrogen (secondary N) is 1. The molecule has 2 heterocycles. The lowest BCUT2D eigenvalue weighted by Gasteiger charge is -2.02. The van der Waals surface area contributed by atoms with E-state index in [1.54, 1.807) is 6.07 Å². The van der Waals surface area contributed by atoms with Crippen LogP contribution in [0.4, 0.5) is 8.78 Å². The maximum Gasteiger partial charge on any atom is 0.280 e. The first-order valence-corrected chi connectivity index (χ1v) is 7.48. The molecule has 7 heteroatoms. The fraction of sp³-hybridized carbons (Fsp3) is 0. The molecule has 4 aromatic rings. The summed E-state index contributed by atoms with van der Waals surface area (Å²) in [6, 6.07) is 8.51. The third-order valence-corrected chi connectivity index (χ3v) is 4.09. The first-order valence-electron chi connectivity index (χ1n) is 6.69. The number of hydrogen-bond donors (Lipinski definition) is 1. The first-order chi connectivity index (χ1) is 11.0. The monoisotopic (exact) mass is 375 g/mol. The van der Waals surface area contributed by atoms with Crippen molar-refractivity contribution in [3.8, 4) is 5.69 Å². The summed E-state index contributed by atoms with van der Waals surface area (Å²) in [5, 5.41) is 3.78. The summed E-state index contributed by atoms with van der Waals surface area (Å²) in [5.74, 6) is -0.873. The van der Waals surface area contributed by atoms with E-state index < -0.39 is 11.6 Å². The van der Waals surface area contributed by atoms with E-state index in [0.717, 1.165) is 0 Å². The predicted molar refractivity (Wildman–Crippen MR) is 86.8 cm³/mol. The van der Waals surface area contributed by atoms with Gasteiger partial charge >= 0.3 is 0 Å². The van der Waals surface area contributed by atoms with Gasteiger partial charge in [-0.1, -0.05) is 15.9 Å². The highest BCUT2D eigenvalue weighted by Gasteiger charge is 2.14. The molecule has 0 radical (unpaired) electrons. The Labute approximate surface area is 136 Å². The smallest absolute Gasteiger partial charge is 0.280 e. The molecule has 4 rings (SSSR count). The van der Waals surface area contributed by atoms with E-state index in [1.807, 2.05) is 0 Å². The molecular weight excluding hydrogens is 368 g/mol. The third-order valence-electron chi connectivity index (χ3n) is 3.63. The van der Waals surface area contributed by atoms with E-state index in [2.05, 4.69) is 26.0 Å². The van der Waals surface area contributed by atoms with Crippen molar-refractivity contribution in [1.29, 1.82) is 0 Å². The molecule has 0 unspecified atom stereocenters. The van der Waals surface area contributed by atoms with Crippen molar-refractivity contribution < 1.29 is 8.78 Å². The van der Waals surface area contributed by atoms with Crippen LogP contribution < -0.4 is 5.56 Å². The van der Waals surface area contributed by atoms with Gasteiger partial charge in [-0.25, -0.2) is 13.5 Å². The van der Waals surface area contributed by atoms with Crippen molar-refractivity contribution in [3.05, 3.63) is 69.1 Å². The highest BCUT2D eigenvalue weighted by molar-refractivity contribution is 9.10. The molecule has 114 valence electrons. The molecule has 2 aromatic heterocycles. The summed E-state index contributed by atoms with van der Waals surface area (Å²) in [7, 11) is 0. The molecule has 0 atom stereocenters. The molecule has 4 nitrogen and oxygen atoms in total. The summed E-state index contributed by atoms with van der Waals surface area (Å²) < 4.78 is 28.9. The molecule has 0 amide bonds. The lowest BCUT2D eigenvalue weighted by atomic mass is 10.1. The van der Waals surface area contributed by atoms with Crippen LogP contribution >= 0.6 is 15.9 Å². The van der Waals surface area contributed by atoms with Gasteiger partial charge in [-0.05, 0) is 36.4 Å². The largest absolute Gasteiger partial charge is 0.290 e. The van der Waals surface area contributed by atoms with Gasteiger partial charge in [0.1, 0.15) is 11.3 Å². The van der Waals surface area contributed by atoms with Crippen LogP contribution in [-0.2, 0) is 0 Å². The molecule has 0 saturated heterocycles. The third kappa shape index (κ3) is 2.16. The molecule has 0 spiro atoms. The van der Waals surface area contributed by atoms with Crippen LogP contribution in [0, 0.1) is 11.6 Å². The topological polar surface area (TPSA) is 50.7 Å². The number of rotatable bonds is 1. The normalized spacial score (nSPS) is 11.4. The number of hydrogen-bond acceptors (Lipinski definition) is 2. The highest BCUT2D eigenvalue weighted by atomic mass is 79.9. The van der Waals surface area contributed by atoms with Gasteiger partial charge < -0.3 is 0 Å². The summed E-state index contributed by atoms with van der Waals surface area (Å²) >= 11 is 3.24. The molecule has 0 aliphatic carbocycles. The summed E-state index contributed by atoms with van der Waals surface area (Å²) in [6.45, 7) is 0. The second kappa shape index (κ2) is 4.99. The summed E-state index contributed by atoms with van der Waals surface area (Å²) in [4.78, 5) is 16.6. The van der Waals surface area contributed by atoms with Crippen LogP contribution in [0.3, 0.4) is 0 Å². The second-order valence-electron chi connectivity index (χ2n) is 5.06. The fourth-order valence-electron chi connectivity index (χ4n) is 2.56. The SMILES string of the molecule is O=c1c2cnc3c(F)cc(Br)cc3c2[nH]n1-c1ccc(F)cc1. The van der Waals surface area contributed by atoms with E-state index in [9.17, 15) is 13.6 Å². The highest BCUT2D eigenvalue weighted by Crippen LogP contribution is 2.26. The zero-order valence-corrected chi connectivity index (χ0v) is 13.1. The molecule has 0 saturated carbocycles. The fourth-order valence-corrected chi connectivity index (χ4v) is 2.99. The van der Waals surface area contributed by atoms with Crippen LogP contribution in [-0.4, -0.2) is 14.8 Å². The van der Waals surface area contributed by atoms with Gasteiger partial charge in [0.25, 0.3) is 5.56 Å².